The van der Waals surface area contributed by atoms with E-state index in [9.17, 15) is 4.79 Å². The van der Waals surface area contributed by atoms with Crippen LogP contribution < -0.4 is 5.32 Å². The van der Waals surface area contributed by atoms with Gasteiger partial charge in [-0.3, -0.25) is 9.48 Å². The van der Waals surface area contributed by atoms with Crippen LogP contribution in [-0.4, -0.2) is 47.3 Å². The normalized spacial score (nSPS) is 16.3. The smallest absolute Gasteiger partial charge is 0.244 e. The van der Waals surface area contributed by atoms with E-state index >= 15 is 0 Å². The fourth-order valence-electron chi connectivity index (χ4n) is 3.15. The highest BCUT2D eigenvalue weighted by atomic mass is 16.2. The molecule has 1 amide bonds. The van der Waals surface area contributed by atoms with Crippen molar-refractivity contribution >= 4 is 16.8 Å². The quantitative estimate of drug-likeness (QED) is 0.917. The van der Waals surface area contributed by atoms with Gasteiger partial charge in [0.25, 0.3) is 0 Å². The lowest BCUT2D eigenvalue weighted by atomic mass is 9.93. The van der Waals surface area contributed by atoms with Gasteiger partial charge in [-0.15, -0.1) is 0 Å². The molecule has 5 heteroatoms. The summed E-state index contributed by atoms with van der Waals surface area (Å²) in [5, 5.41) is 8.75. The molecular formula is C17H24N4O. The number of fused-ring (bicyclic) bond motifs is 1. The Morgan fingerprint density at radius 3 is 2.82 bits per heavy atom. The van der Waals surface area contributed by atoms with E-state index in [2.05, 4.69) is 10.4 Å². The van der Waals surface area contributed by atoms with Gasteiger partial charge in [0.2, 0.25) is 5.91 Å². The molecule has 118 valence electrons. The van der Waals surface area contributed by atoms with Gasteiger partial charge < -0.3 is 10.2 Å². The summed E-state index contributed by atoms with van der Waals surface area (Å²) in [6.45, 7) is 3.18. The average molecular weight is 300 g/mol. The van der Waals surface area contributed by atoms with Gasteiger partial charge in [-0.2, -0.15) is 5.10 Å². The molecule has 1 aromatic heterocycles. The Kier molecular flexibility index (Phi) is 4.73. The summed E-state index contributed by atoms with van der Waals surface area (Å²) in [5.41, 5.74) is 0.945. The minimum atomic E-state index is 0.180. The van der Waals surface area contributed by atoms with Crippen molar-refractivity contribution in [2.24, 2.45) is 5.92 Å². The van der Waals surface area contributed by atoms with Crippen LogP contribution in [0.15, 0.2) is 30.5 Å². The Balaban J connectivity index is 1.54. The molecule has 1 aliphatic rings. The summed E-state index contributed by atoms with van der Waals surface area (Å²) in [4.78, 5) is 14.4. The van der Waals surface area contributed by atoms with Gasteiger partial charge >= 0.3 is 0 Å². The summed E-state index contributed by atoms with van der Waals surface area (Å²) < 4.78 is 1.76. The van der Waals surface area contributed by atoms with E-state index in [1.165, 1.54) is 6.42 Å². The molecule has 0 unspecified atom stereocenters. The molecule has 0 bridgehead atoms. The summed E-state index contributed by atoms with van der Waals surface area (Å²) >= 11 is 0. The molecule has 1 N–H and O–H groups in total. The third-order valence-corrected chi connectivity index (χ3v) is 4.53. The predicted octanol–water partition coefficient (Wildman–Crippen LogP) is 1.88. The van der Waals surface area contributed by atoms with Gasteiger partial charge in [0.15, 0.2) is 0 Å². The molecule has 2 heterocycles. The minimum Gasteiger partial charge on any atom is -0.341 e. The number of carbonyl (C=O) groups excluding carboxylic acids is 1. The summed E-state index contributed by atoms with van der Waals surface area (Å²) in [5.74, 6) is 0.934. The van der Waals surface area contributed by atoms with Crippen LogP contribution >= 0.6 is 0 Å². The lowest BCUT2D eigenvalue weighted by Gasteiger charge is -2.32. The van der Waals surface area contributed by atoms with Gasteiger partial charge in [-0.25, -0.2) is 0 Å². The molecule has 0 saturated carbocycles. The zero-order valence-electron chi connectivity index (χ0n) is 13.2. The van der Waals surface area contributed by atoms with Crippen molar-refractivity contribution in [3.63, 3.8) is 0 Å². The SMILES string of the molecule is CNCCC1CCN(C(=O)Cn2cc3ccccc3n2)CC1. The molecular weight excluding hydrogens is 276 g/mol. The molecule has 1 aliphatic heterocycles. The second-order valence-electron chi connectivity index (χ2n) is 6.10. The number of hydrogen-bond donors (Lipinski definition) is 1. The van der Waals surface area contributed by atoms with Crippen molar-refractivity contribution in [3.05, 3.63) is 30.5 Å². The number of carbonyl (C=O) groups is 1. The number of nitrogens with one attached hydrogen (secondary N) is 1. The number of hydrogen-bond acceptors (Lipinski definition) is 3. The van der Waals surface area contributed by atoms with Crippen LogP contribution in [0.25, 0.3) is 10.9 Å². The lowest BCUT2D eigenvalue weighted by Crippen LogP contribution is -2.40. The van der Waals surface area contributed by atoms with E-state index in [0.717, 1.165) is 49.3 Å². The van der Waals surface area contributed by atoms with E-state index in [0.29, 0.717) is 6.54 Å². The van der Waals surface area contributed by atoms with Crippen molar-refractivity contribution in [2.75, 3.05) is 26.7 Å². The summed E-state index contributed by atoms with van der Waals surface area (Å²) in [6.07, 6.45) is 5.40. The topological polar surface area (TPSA) is 50.2 Å². The second-order valence-corrected chi connectivity index (χ2v) is 6.10. The Labute approximate surface area is 131 Å². The van der Waals surface area contributed by atoms with Crippen LogP contribution in [0.3, 0.4) is 0 Å². The van der Waals surface area contributed by atoms with Crippen LogP contribution in [0, 0.1) is 5.92 Å². The maximum atomic E-state index is 12.4. The molecule has 3 rings (SSSR count). The largest absolute Gasteiger partial charge is 0.341 e. The molecule has 0 spiro atoms. The molecule has 5 nitrogen and oxygen atoms in total. The Morgan fingerprint density at radius 1 is 1.32 bits per heavy atom. The maximum absolute atomic E-state index is 12.4. The van der Waals surface area contributed by atoms with E-state index in [1.54, 1.807) is 4.68 Å². The highest BCUT2D eigenvalue weighted by Crippen LogP contribution is 2.20. The second kappa shape index (κ2) is 6.92. The van der Waals surface area contributed by atoms with Crippen LogP contribution in [0.2, 0.25) is 0 Å². The first kappa shape index (κ1) is 15.0. The van der Waals surface area contributed by atoms with Crippen LogP contribution in [0.5, 0.6) is 0 Å². The van der Waals surface area contributed by atoms with E-state index in [1.807, 2.05) is 42.4 Å². The predicted molar refractivity (Wildman–Crippen MR) is 87.6 cm³/mol. The molecule has 1 aromatic carbocycles. The van der Waals surface area contributed by atoms with Crippen LogP contribution in [0.4, 0.5) is 0 Å². The highest BCUT2D eigenvalue weighted by Gasteiger charge is 2.22. The van der Waals surface area contributed by atoms with Crippen molar-refractivity contribution in [1.82, 2.24) is 20.0 Å². The molecule has 0 aliphatic carbocycles. The zero-order valence-corrected chi connectivity index (χ0v) is 13.2. The first-order valence-electron chi connectivity index (χ1n) is 8.11. The van der Waals surface area contributed by atoms with E-state index in [-0.39, 0.29) is 5.91 Å². The molecule has 1 saturated heterocycles. The summed E-state index contributed by atoms with van der Waals surface area (Å²) in [7, 11) is 1.99. The van der Waals surface area contributed by atoms with Gasteiger partial charge in [-0.1, -0.05) is 18.2 Å². The van der Waals surface area contributed by atoms with Crippen molar-refractivity contribution in [3.8, 4) is 0 Å². The van der Waals surface area contributed by atoms with Crippen LogP contribution in [0.1, 0.15) is 19.3 Å². The number of amides is 1. The van der Waals surface area contributed by atoms with Crippen molar-refractivity contribution in [2.45, 2.75) is 25.8 Å². The minimum absolute atomic E-state index is 0.180. The Bertz CT molecular complexity index is 595. The number of benzene rings is 1. The number of piperidine rings is 1. The molecule has 0 radical (unpaired) electrons. The van der Waals surface area contributed by atoms with Gasteiger partial charge in [-0.05, 0) is 44.8 Å². The number of nitrogens with zero attached hydrogens (tertiary/aromatic N) is 3. The first-order valence-corrected chi connectivity index (χ1v) is 8.11. The van der Waals surface area contributed by atoms with E-state index in [4.69, 9.17) is 0 Å². The molecule has 22 heavy (non-hydrogen) atoms. The molecule has 2 aromatic rings. The summed E-state index contributed by atoms with van der Waals surface area (Å²) in [6, 6.07) is 7.96. The lowest BCUT2D eigenvalue weighted by molar-refractivity contribution is -0.133. The van der Waals surface area contributed by atoms with Gasteiger partial charge in [0.1, 0.15) is 6.54 Å². The highest BCUT2D eigenvalue weighted by molar-refractivity contribution is 5.79. The third kappa shape index (κ3) is 3.47. The standard InChI is InChI=1S/C17H24N4O/c1-18-9-6-14-7-10-20(11-8-14)17(22)13-21-12-15-4-2-3-5-16(15)19-21/h2-5,12,14,18H,6-11,13H2,1H3. The molecule has 0 atom stereocenters. The number of aromatic nitrogens is 2. The number of likely N-dealkylation sites (tertiary alicyclic amines) is 1. The zero-order chi connectivity index (χ0) is 15.4. The first-order chi connectivity index (χ1) is 10.8. The average Bonchev–Trinajstić information content (AvgIpc) is 2.95. The third-order valence-electron chi connectivity index (χ3n) is 4.53. The van der Waals surface area contributed by atoms with Crippen molar-refractivity contribution < 1.29 is 4.79 Å². The van der Waals surface area contributed by atoms with Crippen molar-refractivity contribution in [1.29, 1.82) is 0 Å². The fraction of sp³-hybridized carbons (Fsp3) is 0.529. The van der Waals surface area contributed by atoms with Gasteiger partial charge in [0, 0.05) is 24.7 Å². The van der Waals surface area contributed by atoms with Crippen LogP contribution in [-0.2, 0) is 11.3 Å². The van der Waals surface area contributed by atoms with E-state index < -0.39 is 0 Å². The van der Waals surface area contributed by atoms with Gasteiger partial charge in [0.05, 0.1) is 5.52 Å². The molecule has 1 fully saturated rings. The Morgan fingerprint density at radius 2 is 2.09 bits per heavy atom. The Hall–Kier alpha value is -1.88. The maximum Gasteiger partial charge on any atom is 0.244 e. The number of rotatable bonds is 5. The monoisotopic (exact) mass is 300 g/mol. The fourth-order valence-corrected chi connectivity index (χ4v) is 3.15.